The van der Waals surface area contributed by atoms with Gasteiger partial charge in [0.05, 0.1) is 17.0 Å². The fourth-order valence-corrected chi connectivity index (χ4v) is 4.64. The Hall–Kier alpha value is -1.31. The maximum Gasteiger partial charge on any atom is 0.243 e. The molecule has 0 aromatic heterocycles. The standard InChI is InChI=1S/C18H27ClN2O4S/c1-12(2)13(3)20-18(22)14-7-9-21(10-8-14)26(23,24)15-5-6-17(25-4)16(19)11-15/h5-6,11-14H,7-10H2,1-4H3,(H,20,22). The number of carbonyl (C=O) groups excluding carboxylic acids is 1. The lowest BCUT2D eigenvalue weighted by atomic mass is 9.96. The van der Waals surface area contributed by atoms with Crippen molar-refractivity contribution in [3.05, 3.63) is 23.2 Å². The van der Waals surface area contributed by atoms with E-state index in [4.69, 9.17) is 16.3 Å². The van der Waals surface area contributed by atoms with E-state index in [1.54, 1.807) is 6.07 Å². The second-order valence-corrected chi connectivity index (χ2v) is 9.36. The van der Waals surface area contributed by atoms with Crippen LogP contribution in [0.5, 0.6) is 5.75 Å². The summed E-state index contributed by atoms with van der Waals surface area (Å²) in [4.78, 5) is 12.5. The number of hydrogen-bond donors (Lipinski definition) is 1. The zero-order valence-corrected chi connectivity index (χ0v) is 17.2. The van der Waals surface area contributed by atoms with Gasteiger partial charge < -0.3 is 10.1 Å². The molecule has 1 heterocycles. The van der Waals surface area contributed by atoms with E-state index in [2.05, 4.69) is 19.2 Å². The van der Waals surface area contributed by atoms with Crippen molar-refractivity contribution in [3.63, 3.8) is 0 Å². The van der Waals surface area contributed by atoms with Crippen LogP contribution in [0.1, 0.15) is 33.6 Å². The van der Waals surface area contributed by atoms with Crippen LogP contribution in [0, 0.1) is 11.8 Å². The molecule has 1 unspecified atom stereocenters. The number of halogens is 1. The van der Waals surface area contributed by atoms with Gasteiger partial charge in [0.25, 0.3) is 0 Å². The summed E-state index contributed by atoms with van der Waals surface area (Å²) in [6.07, 6.45) is 1.03. The highest BCUT2D eigenvalue weighted by atomic mass is 35.5. The Kier molecular flexibility index (Phi) is 6.93. The average Bonchev–Trinajstić information content (AvgIpc) is 2.61. The molecule has 0 radical (unpaired) electrons. The van der Waals surface area contributed by atoms with Crippen LogP contribution in [0.15, 0.2) is 23.1 Å². The Bertz CT molecular complexity index is 744. The molecule has 1 N–H and O–H groups in total. The zero-order valence-electron chi connectivity index (χ0n) is 15.7. The Labute approximate surface area is 160 Å². The molecular weight excluding hydrogens is 376 g/mol. The largest absolute Gasteiger partial charge is 0.495 e. The lowest BCUT2D eigenvalue weighted by molar-refractivity contribution is -0.127. The van der Waals surface area contributed by atoms with Crippen molar-refractivity contribution in [1.29, 1.82) is 0 Å². The zero-order chi connectivity index (χ0) is 19.5. The van der Waals surface area contributed by atoms with Crippen molar-refractivity contribution >= 4 is 27.5 Å². The Morgan fingerprint density at radius 1 is 1.27 bits per heavy atom. The van der Waals surface area contributed by atoms with Gasteiger partial charge in [-0.3, -0.25) is 4.79 Å². The van der Waals surface area contributed by atoms with Gasteiger partial charge in [-0.1, -0.05) is 25.4 Å². The molecule has 1 amide bonds. The van der Waals surface area contributed by atoms with Gasteiger partial charge in [-0.2, -0.15) is 4.31 Å². The Morgan fingerprint density at radius 2 is 1.88 bits per heavy atom. The summed E-state index contributed by atoms with van der Waals surface area (Å²) in [6, 6.07) is 4.54. The van der Waals surface area contributed by atoms with Crippen LogP contribution in [-0.2, 0) is 14.8 Å². The third-order valence-electron chi connectivity index (χ3n) is 4.96. The molecule has 8 heteroatoms. The van der Waals surface area contributed by atoms with E-state index in [1.165, 1.54) is 23.5 Å². The van der Waals surface area contributed by atoms with Gasteiger partial charge >= 0.3 is 0 Å². The maximum atomic E-state index is 12.8. The number of carbonyl (C=O) groups is 1. The second kappa shape index (κ2) is 8.59. The highest BCUT2D eigenvalue weighted by molar-refractivity contribution is 7.89. The van der Waals surface area contributed by atoms with Crippen molar-refractivity contribution < 1.29 is 17.9 Å². The van der Waals surface area contributed by atoms with E-state index in [1.807, 2.05) is 6.92 Å². The highest BCUT2D eigenvalue weighted by Gasteiger charge is 2.32. The molecule has 0 saturated carbocycles. The number of hydrogen-bond acceptors (Lipinski definition) is 4. The summed E-state index contributed by atoms with van der Waals surface area (Å²) in [6.45, 7) is 6.73. The number of amides is 1. The third-order valence-corrected chi connectivity index (χ3v) is 7.15. The molecule has 1 aliphatic rings. The number of methoxy groups -OCH3 is 1. The minimum absolute atomic E-state index is 0.00994. The van der Waals surface area contributed by atoms with Gasteiger partial charge in [-0.25, -0.2) is 8.42 Å². The number of ether oxygens (including phenoxy) is 1. The molecule has 1 aromatic rings. The lowest BCUT2D eigenvalue weighted by Crippen LogP contribution is -2.45. The average molecular weight is 403 g/mol. The van der Waals surface area contributed by atoms with Gasteiger partial charge in [0.2, 0.25) is 15.9 Å². The Balaban J connectivity index is 2.02. The summed E-state index contributed by atoms with van der Waals surface area (Å²) in [5.41, 5.74) is 0. The summed E-state index contributed by atoms with van der Waals surface area (Å²) in [5.74, 6) is 0.650. The maximum absolute atomic E-state index is 12.8. The summed E-state index contributed by atoms with van der Waals surface area (Å²) in [7, 11) is -2.16. The van der Waals surface area contributed by atoms with E-state index in [0.717, 1.165) is 0 Å². The van der Waals surface area contributed by atoms with Crippen molar-refractivity contribution in [2.75, 3.05) is 20.2 Å². The van der Waals surface area contributed by atoms with Crippen LogP contribution in [0.2, 0.25) is 5.02 Å². The Morgan fingerprint density at radius 3 is 2.38 bits per heavy atom. The number of benzene rings is 1. The fraction of sp³-hybridized carbons (Fsp3) is 0.611. The molecule has 26 heavy (non-hydrogen) atoms. The fourth-order valence-electron chi connectivity index (χ4n) is 2.82. The van der Waals surface area contributed by atoms with E-state index in [-0.39, 0.29) is 27.8 Å². The molecule has 1 saturated heterocycles. The molecule has 6 nitrogen and oxygen atoms in total. The van der Waals surface area contributed by atoms with Crippen molar-refractivity contribution in [1.82, 2.24) is 9.62 Å². The second-order valence-electron chi connectivity index (χ2n) is 7.02. The number of rotatable bonds is 6. The molecule has 0 aliphatic carbocycles. The molecule has 1 aromatic carbocycles. The SMILES string of the molecule is COc1ccc(S(=O)(=O)N2CCC(C(=O)NC(C)C(C)C)CC2)cc1Cl. The summed E-state index contributed by atoms with van der Waals surface area (Å²) in [5, 5.41) is 3.27. The predicted octanol–water partition coefficient (Wildman–Crippen LogP) is 2.91. The summed E-state index contributed by atoms with van der Waals surface area (Å²) < 4.78 is 32.1. The minimum Gasteiger partial charge on any atom is -0.495 e. The topological polar surface area (TPSA) is 75.7 Å². The highest BCUT2D eigenvalue weighted by Crippen LogP contribution is 2.30. The quantitative estimate of drug-likeness (QED) is 0.793. The summed E-state index contributed by atoms with van der Waals surface area (Å²) >= 11 is 6.05. The molecule has 1 atom stereocenters. The van der Waals surface area contributed by atoms with Crippen molar-refractivity contribution in [2.45, 2.75) is 44.6 Å². The predicted molar refractivity (Wildman–Crippen MR) is 102 cm³/mol. The smallest absolute Gasteiger partial charge is 0.243 e. The van der Waals surface area contributed by atoms with E-state index >= 15 is 0 Å². The number of nitrogens with one attached hydrogen (secondary N) is 1. The van der Waals surface area contributed by atoms with Crippen molar-refractivity contribution in [3.8, 4) is 5.75 Å². The third kappa shape index (κ3) is 4.69. The number of piperidine rings is 1. The van der Waals surface area contributed by atoms with Crippen LogP contribution >= 0.6 is 11.6 Å². The first-order valence-electron chi connectivity index (χ1n) is 8.81. The molecule has 1 fully saturated rings. The molecule has 146 valence electrons. The molecule has 0 spiro atoms. The van der Waals surface area contributed by atoms with Crippen molar-refractivity contribution in [2.24, 2.45) is 11.8 Å². The minimum atomic E-state index is -3.63. The monoisotopic (exact) mass is 402 g/mol. The van der Waals surface area contributed by atoms with Gasteiger partial charge in [0.15, 0.2) is 0 Å². The van der Waals surface area contributed by atoms with Crippen LogP contribution in [0.25, 0.3) is 0 Å². The van der Waals surface area contributed by atoms with Crippen LogP contribution in [0.4, 0.5) is 0 Å². The van der Waals surface area contributed by atoms with Gasteiger partial charge in [0.1, 0.15) is 5.75 Å². The van der Waals surface area contributed by atoms with Gasteiger partial charge in [0, 0.05) is 25.0 Å². The normalized spacial score (nSPS) is 17.9. The molecule has 1 aliphatic heterocycles. The first-order valence-corrected chi connectivity index (χ1v) is 10.6. The first kappa shape index (κ1) is 21.0. The number of nitrogens with zero attached hydrogens (tertiary/aromatic N) is 1. The lowest BCUT2D eigenvalue weighted by Gasteiger charge is -2.31. The van der Waals surface area contributed by atoms with Crippen LogP contribution in [0.3, 0.4) is 0 Å². The molecular formula is C18H27ClN2O4S. The van der Waals surface area contributed by atoms with Gasteiger partial charge in [-0.15, -0.1) is 0 Å². The molecule has 0 bridgehead atoms. The van der Waals surface area contributed by atoms with Crippen LogP contribution in [-0.4, -0.2) is 44.9 Å². The van der Waals surface area contributed by atoms with E-state index < -0.39 is 10.0 Å². The van der Waals surface area contributed by atoms with Gasteiger partial charge in [-0.05, 0) is 43.9 Å². The van der Waals surface area contributed by atoms with E-state index in [9.17, 15) is 13.2 Å². The molecule has 2 rings (SSSR count). The van der Waals surface area contributed by atoms with E-state index in [0.29, 0.717) is 37.6 Å². The number of sulfonamides is 1. The first-order chi connectivity index (χ1) is 12.2. The van der Waals surface area contributed by atoms with Crippen LogP contribution < -0.4 is 10.1 Å².